The molecule has 0 spiro atoms. The van der Waals surface area contributed by atoms with Crippen LogP contribution in [0.2, 0.25) is 12.1 Å². The molecule has 0 rings (SSSR count). The van der Waals surface area contributed by atoms with Gasteiger partial charge in [-0.2, -0.15) is 0 Å². The largest absolute Gasteiger partial charge is 0.500 e. The average Bonchev–Trinajstić information content (AvgIpc) is 2.61. The van der Waals surface area contributed by atoms with Crippen molar-refractivity contribution in [2.24, 2.45) is 0 Å². The van der Waals surface area contributed by atoms with E-state index in [0.717, 1.165) is 24.9 Å². The Hall–Kier alpha value is 0.194. The van der Waals surface area contributed by atoms with E-state index in [-0.39, 0.29) is 0 Å². The highest BCUT2D eigenvalue weighted by Crippen LogP contribution is 2.17. The average molecular weight is 371 g/mol. The second-order valence-corrected chi connectivity index (χ2v) is 11.3. The van der Waals surface area contributed by atoms with Crippen LogP contribution in [0, 0.1) is 0 Å². The van der Waals surface area contributed by atoms with Crippen molar-refractivity contribution in [3.63, 3.8) is 0 Å². The molecule has 0 heterocycles. The fourth-order valence-corrected chi connectivity index (χ4v) is 5.71. The Bertz CT molecular complexity index is 232. The highest BCUT2D eigenvalue weighted by molar-refractivity contribution is 6.60. The minimum atomic E-state index is -2.27. The van der Waals surface area contributed by atoms with E-state index in [1.807, 2.05) is 0 Å². The second-order valence-electron chi connectivity index (χ2n) is 5.15. The number of hydrogen-bond acceptors (Lipinski definition) is 6. The summed E-state index contributed by atoms with van der Waals surface area (Å²) in [6.07, 6.45) is 5.93. The highest BCUT2D eigenvalue weighted by atomic mass is 28.4. The van der Waals surface area contributed by atoms with Crippen LogP contribution >= 0.6 is 0 Å². The lowest BCUT2D eigenvalue weighted by Crippen LogP contribution is -2.42. The van der Waals surface area contributed by atoms with Crippen molar-refractivity contribution in [3.05, 3.63) is 0 Å². The molecule has 0 bridgehead atoms. The van der Waals surface area contributed by atoms with E-state index in [1.165, 1.54) is 19.3 Å². The van der Waals surface area contributed by atoms with Crippen LogP contribution in [0.25, 0.3) is 0 Å². The van der Waals surface area contributed by atoms with Gasteiger partial charge in [0.2, 0.25) is 0 Å². The number of hydrogen-bond donors (Lipinski definition) is 0. The molecule has 0 N–H and O–H groups in total. The van der Waals surface area contributed by atoms with Crippen LogP contribution in [0.3, 0.4) is 0 Å². The molecule has 0 aromatic rings. The van der Waals surface area contributed by atoms with Crippen LogP contribution < -0.4 is 0 Å². The Balaban J connectivity index is 0. The maximum Gasteiger partial charge on any atom is 0.500 e. The summed E-state index contributed by atoms with van der Waals surface area (Å²) >= 11 is 0. The number of rotatable bonds is 13. The lowest BCUT2D eigenvalue weighted by atomic mass is 10.2. The lowest BCUT2D eigenvalue weighted by Gasteiger charge is -2.24. The SMILES string of the molecule is CCCCCC[Si](OC)(OC)OC.CCC[Si](OC)(OC)OC. The molecule has 0 aliphatic carbocycles. The lowest BCUT2D eigenvalue weighted by molar-refractivity contribution is 0.122. The molecule has 0 amide bonds. The van der Waals surface area contributed by atoms with Crippen molar-refractivity contribution >= 4 is 17.6 Å². The van der Waals surface area contributed by atoms with Crippen molar-refractivity contribution in [2.45, 2.75) is 58.0 Å². The summed E-state index contributed by atoms with van der Waals surface area (Å²) in [5, 5.41) is 0. The molecular weight excluding hydrogens is 332 g/mol. The van der Waals surface area contributed by atoms with E-state index in [2.05, 4.69) is 13.8 Å². The van der Waals surface area contributed by atoms with Gasteiger partial charge in [-0.05, 0) is 6.42 Å². The molecule has 0 aromatic heterocycles. The molecule has 0 atom stereocenters. The highest BCUT2D eigenvalue weighted by Gasteiger charge is 2.37. The molecule has 142 valence electrons. The third kappa shape index (κ3) is 10.6. The fourth-order valence-electron chi connectivity index (χ4n) is 2.19. The van der Waals surface area contributed by atoms with E-state index in [4.69, 9.17) is 26.6 Å². The van der Waals surface area contributed by atoms with E-state index in [0.29, 0.717) is 0 Å². The molecule has 23 heavy (non-hydrogen) atoms. The third-order valence-electron chi connectivity index (χ3n) is 3.76. The summed E-state index contributed by atoms with van der Waals surface area (Å²) in [4.78, 5) is 0. The first-order chi connectivity index (χ1) is 11.0. The molecule has 0 saturated heterocycles. The van der Waals surface area contributed by atoms with Crippen LogP contribution in [0.5, 0.6) is 0 Å². The molecule has 0 aliphatic rings. The van der Waals surface area contributed by atoms with E-state index in [1.54, 1.807) is 42.7 Å². The van der Waals surface area contributed by atoms with Crippen LogP contribution in [-0.2, 0) is 26.6 Å². The van der Waals surface area contributed by atoms with Gasteiger partial charge in [-0.25, -0.2) is 0 Å². The summed E-state index contributed by atoms with van der Waals surface area (Å²) in [5.74, 6) is 0. The Labute approximate surface area is 145 Å². The van der Waals surface area contributed by atoms with Crippen molar-refractivity contribution < 1.29 is 26.6 Å². The summed E-state index contributed by atoms with van der Waals surface area (Å²) < 4.78 is 31.4. The van der Waals surface area contributed by atoms with Crippen molar-refractivity contribution in [1.82, 2.24) is 0 Å². The third-order valence-corrected chi connectivity index (χ3v) is 9.57. The Morgan fingerprint density at radius 3 is 1.13 bits per heavy atom. The molecule has 0 unspecified atom stereocenters. The zero-order valence-electron chi connectivity index (χ0n) is 16.4. The van der Waals surface area contributed by atoms with Gasteiger partial charge in [-0.1, -0.05) is 39.5 Å². The molecule has 0 fully saturated rings. The normalized spacial score (nSPS) is 12.0. The zero-order valence-corrected chi connectivity index (χ0v) is 18.4. The Morgan fingerprint density at radius 1 is 0.478 bits per heavy atom. The predicted octanol–water partition coefficient (Wildman–Crippen LogP) is 3.72. The van der Waals surface area contributed by atoms with Gasteiger partial charge in [-0.3, -0.25) is 0 Å². The smallest absolute Gasteiger partial charge is 0.377 e. The molecule has 8 heteroatoms. The Morgan fingerprint density at radius 2 is 0.870 bits per heavy atom. The molecule has 0 aromatic carbocycles. The van der Waals surface area contributed by atoms with Crippen molar-refractivity contribution in [1.29, 1.82) is 0 Å². The van der Waals surface area contributed by atoms with E-state index >= 15 is 0 Å². The monoisotopic (exact) mass is 370 g/mol. The van der Waals surface area contributed by atoms with Gasteiger partial charge >= 0.3 is 17.6 Å². The molecular formula is C15H38O6Si2. The van der Waals surface area contributed by atoms with Gasteiger partial charge < -0.3 is 26.6 Å². The van der Waals surface area contributed by atoms with Gasteiger partial charge in [0.1, 0.15) is 0 Å². The zero-order chi connectivity index (χ0) is 18.2. The first-order valence-corrected chi connectivity index (χ1v) is 12.2. The summed E-state index contributed by atoms with van der Waals surface area (Å²) in [5.41, 5.74) is 0. The number of unbranched alkanes of at least 4 members (excludes halogenated alkanes) is 3. The van der Waals surface area contributed by atoms with Crippen LogP contribution in [0.1, 0.15) is 46.0 Å². The maximum atomic E-state index is 5.31. The Kier molecular flexibility index (Phi) is 17.4. The first-order valence-electron chi connectivity index (χ1n) is 8.30. The minimum absolute atomic E-state index is 0.885. The molecule has 6 nitrogen and oxygen atoms in total. The quantitative estimate of drug-likeness (QED) is 0.364. The van der Waals surface area contributed by atoms with Crippen LogP contribution in [0.4, 0.5) is 0 Å². The maximum absolute atomic E-state index is 5.31. The summed E-state index contributed by atoms with van der Waals surface area (Å²) in [6, 6.07) is 1.81. The van der Waals surface area contributed by atoms with Gasteiger partial charge in [0, 0.05) is 54.7 Å². The second kappa shape index (κ2) is 15.7. The summed E-state index contributed by atoms with van der Waals surface area (Å²) in [6.45, 7) is 4.28. The predicted molar refractivity (Wildman–Crippen MR) is 97.6 cm³/mol. The van der Waals surface area contributed by atoms with Gasteiger partial charge in [0.05, 0.1) is 0 Å². The molecule has 0 saturated carbocycles. The first kappa shape index (κ1) is 25.4. The minimum Gasteiger partial charge on any atom is -0.377 e. The van der Waals surface area contributed by atoms with Crippen molar-refractivity contribution in [2.75, 3.05) is 42.7 Å². The van der Waals surface area contributed by atoms with Gasteiger partial charge in [0.25, 0.3) is 0 Å². The van der Waals surface area contributed by atoms with Crippen LogP contribution in [-0.4, -0.2) is 60.3 Å². The standard InChI is InChI=1S/C9H22O3Si.C6H16O3Si/c1-5-6-7-8-9-13(10-2,11-3)12-4;1-5-6-10(7-2,8-3)9-4/h5-9H2,1-4H3;5-6H2,1-4H3. The van der Waals surface area contributed by atoms with E-state index < -0.39 is 17.6 Å². The van der Waals surface area contributed by atoms with Gasteiger partial charge in [0.15, 0.2) is 0 Å². The summed E-state index contributed by atoms with van der Waals surface area (Å²) in [7, 11) is 5.41. The van der Waals surface area contributed by atoms with Crippen LogP contribution in [0.15, 0.2) is 0 Å². The molecule has 0 radical (unpaired) electrons. The topological polar surface area (TPSA) is 55.4 Å². The molecule has 0 aliphatic heterocycles. The van der Waals surface area contributed by atoms with Gasteiger partial charge in [-0.15, -0.1) is 0 Å². The van der Waals surface area contributed by atoms with Crippen molar-refractivity contribution in [3.8, 4) is 0 Å². The van der Waals surface area contributed by atoms with E-state index in [9.17, 15) is 0 Å². The fraction of sp³-hybridized carbons (Fsp3) is 1.00.